The van der Waals surface area contributed by atoms with Gasteiger partial charge in [-0.05, 0) is 37.5 Å². The molecule has 2 aliphatic rings. The van der Waals surface area contributed by atoms with Gasteiger partial charge < -0.3 is 16.0 Å². The number of likely N-dealkylation sites (N-methyl/N-ethyl adjacent to an activating group) is 1. The molecule has 4 heteroatoms. The molecule has 1 aliphatic heterocycles. The van der Waals surface area contributed by atoms with E-state index in [4.69, 9.17) is 5.73 Å². The van der Waals surface area contributed by atoms with E-state index in [0.29, 0.717) is 12.0 Å². The molecule has 0 spiro atoms. The average Bonchev–Trinajstić information content (AvgIpc) is 2.87. The van der Waals surface area contributed by atoms with E-state index in [1.54, 1.807) is 0 Å². The number of amides is 1. The lowest BCUT2D eigenvalue weighted by atomic mass is 9.85. The number of carbonyl (C=O) groups excluding carboxylic acids is 1. The first-order valence-corrected chi connectivity index (χ1v) is 8.25. The van der Waals surface area contributed by atoms with Crippen molar-refractivity contribution in [1.29, 1.82) is 0 Å². The van der Waals surface area contributed by atoms with Crippen LogP contribution in [0.2, 0.25) is 0 Å². The SMILES string of the molecule is CC(C)C(N)CCN(C)C(=O)C1CC2CCCCC2N1. The number of nitrogens with one attached hydrogen (secondary N) is 1. The van der Waals surface area contributed by atoms with Crippen LogP contribution in [0.15, 0.2) is 0 Å². The van der Waals surface area contributed by atoms with Crippen LogP contribution in [0.5, 0.6) is 0 Å². The first kappa shape index (κ1) is 15.8. The third kappa shape index (κ3) is 3.73. The van der Waals surface area contributed by atoms with Crippen molar-refractivity contribution in [1.82, 2.24) is 10.2 Å². The van der Waals surface area contributed by atoms with E-state index in [0.717, 1.165) is 25.3 Å². The largest absolute Gasteiger partial charge is 0.344 e. The molecule has 1 saturated carbocycles. The normalized spacial score (nSPS) is 31.1. The Kier molecular flexibility index (Phi) is 5.44. The quantitative estimate of drug-likeness (QED) is 0.807. The summed E-state index contributed by atoms with van der Waals surface area (Å²) in [6, 6.07) is 0.816. The average molecular weight is 281 g/mol. The van der Waals surface area contributed by atoms with E-state index in [1.165, 1.54) is 25.7 Å². The third-order valence-corrected chi connectivity index (χ3v) is 5.19. The Balaban J connectivity index is 1.79. The Hall–Kier alpha value is -0.610. The van der Waals surface area contributed by atoms with E-state index < -0.39 is 0 Å². The fraction of sp³-hybridized carbons (Fsp3) is 0.938. The van der Waals surface area contributed by atoms with E-state index in [2.05, 4.69) is 19.2 Å². The summed E-state index contributed by atoms with van der Waals surface area (Å²) in [6.07, 6.45) is 7.11. The molecule has 1 aliphatic carbocycles. The zero-order valence-electron chi connectivity index (χ0n) is 13.3. The molecule has 4 unspecified atom stereocenters. The fourth-order valence-electron chi connectivity index (χ4n) is 3.56. The molecule has 20 heavy (non-hydrogen) atoms. The minimum absolute atomic E-state index is 0.0448. The highest BCUT2D eigenvalue weighted by atomic mass is 16.2. The number of hydrogen-bond donors (Lipinski definition) is 2. The lowest BCUT2D eigenvalue weighted by Gasteiger charge is -2.25. The molecule has 3 N–H and O–H groups in total. The van der Waals surface area contributed by atoms with Crippen LogP contribution in [0, 0.1) is 11.8 Å². The van der Waals surface area contributed by atoms with E-state index in [1.807, 2.05) is 11.9 Å². The van der Waals surface area contributed by atoms with Crippen LogP contribution in [-0.2, 0) is 4.79 Å². The van der Waals surface area contributed by atoms with Crippen LogP contribution in [-0.4, -0.2) is 42.5 Å². The van der Waals surface area contributed by atoms with Gasteiger partial charge in [0.2, 0.25) is 5.91 Å². The molecule has 116 valence electrons. The number of rotatable bonds is 5. The summed E-state index contributed by atoms with van der Waals surface area (Å²) < 4.78 is 0. The minimum Gasteiger partial charge on any atom is -0.344 e. The van der Waals surface area contributed by atoms with Crippen molar-refractivity contribution in [2.75, 3.05) is 13.6 Å². The number of carbonyl (C=O) groups is 1. The molecule has 2 fully saturated rings. The van der Waals surface area contributed by atoms with Gasteiger partial charge in [-0.25, -0.2) is 0 Å². The van der Waals surface area contributed by atoms with Crippen molar-refractivity contribution >= 4 is 5.91 Å². The van der Waals surface area contributed by atoms with Gasteiger partial charge in [-0.2, -0.15) is 0 Å². The molecular formula is C16H31N3O. The first-order chi connectivity index (χ1) is 9.49. The van der Waals surface area contributed by atoms with Crippen LogP contribution in [0.25, 0.3) is 0 Å². The summed E-state index contributed by atoms with van der Waals surface area (Å²) in [6.45, 7) is 5.04. The Morgan fingerprint density at radius 1 is 1.35 bits per heavy atom. The van der Waals surface area contributed by atoms with Crippen LogP contribution in [0.4, 0.5) is 0 Å². The summed E-state index contributed by atoms with van der Waals surface area (Å²) in [5.41, 5.74) is 6.06. The van der Waals surface area contributed by atoms with Crippen molar-refractivity contribution in [2.45, 2.75) is 70.5 Å². The summed E-state index contributed by atoms with van der Waals surface area (Å²) in [5, 5.41) is 3.56. The number of nitrogens with zero attached hydrogens (tertiary/aromatic N) is 1. The molecule has 2 rings (SSSR count). The van der Waals surface area contributed by atoms with Gasteiger partial charge in [-0.15, -0.1) is 0 Å². The van der Waals surface area contributed by atoms with Crippen LogP contribution >= 0.6 is 0 Å². The highest BCUT2D eigenvalue weighted by Gasteiger charge is 2.39. The Morgan fingerprint density at radius 3 is 2.70 bits per heavy atom. The molecule has 0 aromatic heterocycles. The maximum absolute atomic E-state index is 12.5. The summed E-state index contributed by atoms with van der Waals surface area (Å²) in [5.74, 6) is 1.46. The first-order valence-electron chi connectivity index (χ1n) is 8.25. The van der Waals surface area contributed by atoms with Gasteiger partial charge in [0.05, 0.1) is 6.04 Å². The van der Waals surface area contributed by atoms with Gasteiger partial charge in [-0.1, -0.05) is 26.7 Å². The maximum atomic E-state index is 12.5. The molecule has 0 aromatic carbocycles. The second kappa shape index (κ2) is 6.90. The lowest BCUT2D eigenvalue weighted by Crippen LogP contribution is -2.45. The van der Waals surface area contributed by atoms with Crippen molar-refractivity contribution in [3.63, 3.8) is 0 Å². The molecule has 0 aromatic rings. The molecule has 1 amide bonds. The summed E-state index contributed by atoms with van der Waals surface area (Å²) in [7, 11) is 1.92. The van der Waals surface area contributed by atoms with Crippen LogP contribution in [0.3, 0.4) is 0 Å². The molecule has 4 atom stereocenters. The van der Waals surface area contributed by atoms with Crippen LogP contribution < -0.4 is 11.1 Å². The van der Waals surface area contributed by atoms with Crippen molar-refractivity contribution in [3.8, 4) is 0 Å². The zero-order valence-corrected chi connectivity index (χ0v) is 13.3. The predicted molar refractivity (Wildman–Crippen MR) is 82.4 cm³/mol. The fourth-order valence-corrected chi connectivity index (χ4v) is 3.56. The van der Waals surface area contributed by atoms with Gasteiger partial charge in [0, 0.05) is 25.7 Å². The Morgan fingerprint density at radius 2 is 2.05 bits per heavy atom. The zero-order chi connectivity index (χ0) is 14.7. The second-order valence-corrected chi connectivity index (χ2v) is 7.06. The van der Waals surface area contributed by atoms with Gasteiger partial charge >= 0.3 is 0 Å². The standard InChI is InChI=1S/C16H31N3O/c1-11(2)13(17)8-9-19(3)16(20)15-10-12-6-4-5-7-14(12)18-15/h11-15,18H,4-10,17H2,1-3H3. The number of fused-ring (bicyclic) bond motifs is 1. The minimum atomic E-state index is 0.0448. The molecule has 1 heterocycles. The van der Waals surface area contributed by atoms with E-state index >= 15 is 0 Å². The topological polar surface area (TPSA) is 58.4 Å². The second-order valence-electron chi connectivity index (χ2n) is 7.06. The van der Waals surface area contributed by atoms with Crippen molar-refractivity contribution < 1.29 is 4.79 Å². The van der Waals surface area contributed by atoms with Crippen LogP contribution in [0.1, 0.15) is 52.4 Å². The van der Waals surface area contributed by atoms with Crippen molar-refractivity contribution in [3.05, 3.63) is 0 Å². The number of nitrogens with two attached hydrogens (primary N) is 1. The lowest BCUT2D eigenvalue weighted by molar-refractivity contribution is -0.132. The summed E-state index contributed by atoms with van der Waals surface area (Å²) in [4.78, 5) is 14.4. The highest BCUT2D eigenvalue weighted by Crippen LogP contribution is 2.33. The van der Waals surface area contributed by atoms with Crippen molar-refractivity contribution in [2.24, 2.45) is 17.6 Å². The Labute approximate surface area is 123 Å². The molecule has 0 radical (unpaired) electrons. The predicted octanol–water partition coefficient (Wildman–Crippen LogP) is 1.74. The molecule has 0 bridgehead atoms. The molecule has 1 saturated heterocycles. The smallest absolute Gasteiger partial charge is 0.239 e. The maximum Gasteiger partial charge on any atom is 0.239 e. The Bertz CT molecular complexity index is 318. The van der Waals surface area contributed by atoms with E-state index in [-0.39, 0.29) is 18.0 Å². The molecule has 4 nitrogen and oxygen atoms in total. The van der Waals surface area contributed by atoms with Gasteiger partial charge in [0.1, 0.15) is 0 Å². The van der Waals surface area contributed by atoms with Gasteiger partial charge in [0.25, 0.3) is 0 Å². The monoisotopic (exact) mass is 281 g/mol. The third-order valence-electron chi connectivity index (χ3n) is 5.19. The number of hydrogen-bond acceptors (Lipinski definition) is 3. The van der Waals surface area contributed by atoms with E-state index in [9.17, 15) is 4.79 Å². The highest BCUT2D eigenvalue weighted by molar-refractivity contribution is 5.82. The molecular weight excluding hydrogens is 250 g/mol. The van der Waals surface area contributed by atoms with Gasteiger partial charge in [-0.3, -0.25) is 4.79 Å². The van der Waals surface area contributed by atoms with Gasteiger partial charge in [0.15, 0.2) is 0 Å². The summed E-state index contributed by atoms with van der Waals surface area (Å²) >= 11 is 0.